The van der Waals surface area contributed by atoms with Gasteiger partial charge in [0.25, 0.3) is 0 Å². The van der Waals surface area contributed by atoms with Crippen molar-refractivity contribution in [2.75, 3.05) is 11.4 Å². The van der Waals surface area contributed by atoms with Gasteiger partial charge in [-0.2, -0.15) is 0 Å². The lowest BCUT2D eigenvalue weighted by Gasteiger charge is -2.34. The molecule has 1 atom stereocenters. The van der Waals surface area contributed by atoms with Crippen molar-refractivity contribution in [1.29, 1.82) is 0 Å². The number of carbonyl (C=O) groups excluding carboxylic acids is 1. The molecule has 2 rings (SSSR count). The zero-order valence-corrected chi connectivity index (χ0v) is 14.0. The summed E-state index contributed by atoms with van der Waals surface area (Å²) in [6, 6.07) is 5.91. The summed E-state index contributed by atoms with van der Waals surface area (Å²) in [4.78, 5) is 14.4. The first-order valence-corrected chi connectivity index (χ1v) is 7.97. The van der Waals surface area contributed by atoms with E-state index in [0.29, 0.717) is 11.1 Å². The van der Waals surface area contributed by atoms with Crippen LogP contribution in [0.3, 0.4) is 0 Å². The van der Waals surface area contributed by atoms with Crippen molar-refractivity contribution in [2.24, 2.45) is 0 Å². The largest absolute Gasteiger partial charge is 0.310 e. The first-order chi connectivity index (χ1) is 8.99. The van der Waals surface area contributed by atoms with Crippen LogP contribution in [0.4, 0.5) is 5.69 Å². The summed E-state index contributed by atoms with van der Waals surface area (Å²) in [6.07, 6.45) is 1.94. The Kier molecular flexibility index (Phi) is 5.09. The number of benzene rings is 1. The molecular weight excluding hydrogens is 375 g/mol. The molecule has 1 aromatic rings. The van der Waals surface area contributed by atoms with Crippen LogP contribution in [0.25, 0.3) is 0 Å². The predicted octanol–water partition coefficient (Wildman–Crippen LogP) is 3.44. The van der Waals surface area contributed by atoms with E-state index < -0.39 is 0 Å². The molecule has 0 spiro atoms. The summed E-state index contributed by atoms with van der Waals surface area (Å²) in [7, 11) is 0. The molecule has 0 radical (unpaired) electrons. The fourth-order valence-electron chi connectivity index (χ4n) is 2.37. The number of nitrogens with one attached hydrogen (secondary N) is 1. The molecule has 1 amide bonds. The number of amides is 1. The molecule has 0 aromatic heterocycles. The predicted molar refractivity (Wildman–Crippen MR) is 87.8 cm³/mol. The van der Waals surface area contributed by atoms with Gasteiger partial charge in [0.15, 0.2) is 0 Å². The number of rotatable bonds is 3. The highest BCUT2D eigenvalue weighted by Crippen LogP contribution is 2.28. The summed E-state index contributed by atoms with van der Waals surface area (Å²) in [6.45, 7) is 4.92. The minimum atomic E-state index is -0.0692. The van der Waals surface area contributed by atoms with E-state index in [-0.39, 0.29) is 11.9 Å². The van der Waals surface area contributed by atoms with E-state index in [1.807, 2.05) is 23.1 Å². The summed E-state index contributed by atoms with van der Waals surface area (Å²) < 4.78 is 1.02. The van der Waals surface area contributed by atoms with Gasteiger partial charge >= 0.3 is 0 Å². The summed E-state index contributed by atoms with van der Waals surface area (Å²) in [5.74, 6) is 0.167. The average molecular weight is 393 g/mol. The van der Waals surface area contributed by atoms with Crippen LogP contribution in [0.5, 0.6) is 0 Å². The number of anilines is 1. The third kappa shape index (κ3) is 3.61. The Hall–Kier alpha value is -0.330. The van der Waals surface area contributed by atoms with Gasteiger partial charge in [0.05, 0.1) is 11.7 Å². The van der Waals surface area contributed by atoms with Gasteiger partial charge in [-0.15, -0.1) is 0 Å². The molecule has 1 unspecified atom stereocenters. The fourth-order valence-corrected chi connectivity index (χ4v) is 3.53. The van der Waals surface area contributed by atoms with E-state index >= 15 is 0 Å². The maximum absolute atomic E-state index is 12.5. The number of hydrogen-bond donors (Lipinski definition) is 1. The second kappa shape index (κ2) is 6.41. The number of piperidine rings is 1. The van der Waals surface area contributed by atoms with Crippen molar-refractivity contribution >= 4 is 45.8 Å². The van der Waals surface area contributed by atoms with Gasteiger partial charge in [-0.3, -0.25) is 4.79 Å². The molecule has 1 heterocycles. The number of nitrogens with zero attached hydrogens (tertiary/aromatic N) is 1. The second-order valence-electron chi connectivity index (χ2n) is 5.10. The van der Waals surface area contributed by atoms with Gasteiger partial charge in [0, 0.05) is 21.2 Å². The van der Waals surface area contributed by atoms with Crippen molar-refractivity contribution in [1.82, 2.24) is 5.32 Å². The minimum absolute atomic E-state index is 0.0692. The molecule has 3 nitrogen and oxygen atoms in total. The number of hydrogen-bond acceptors (Lipinski definition) is 2. The van der Waals surface area contributed by atoms with Crippen molar-refractivity contribution in [3.8, 4) is 0 Å². The molecule has 1 aromatic carbocycles. The van der Waals surface area contributed by atoms with Gasteiger partial charge in [0.1, 0.15) is 0 Å². The maximum Gasteiger partial charge on any atom is 0.244 e. The van der Waals surface area contributed by atoms with Crippen LogP contribution in [0, 0.1) is 3.57 Å². The highest BCUT2D eigenvalue weighted by molar-refractivity contribution is 14.1. The van der Waals surface area contributed by atoms with Crippen LogP contribution < -0.4 is 10.2 Å². The van der Waals surface area contributed by atoms with E-state index in [1.165, 1.54) is 0 Å². The molecule has 19 heavy (non-hydrogen) atoms. The van der Waals surface area contributed by atoms with Gasteiger partial charge in [-0.05, 0) is 53.6 Å². The quantitative estimate of drug-likeness (QED) is 0.799. The Labute approximate surface area is 132 Å². The van der Waals surface area contributed by atoms with Crippen LogP contribution in [0.2, 0.25) is 5.02 Å². The molecular formula is C14H18ClIN2O. The molecule has 1 aliphatic rings. The summed E-state index contributed by atoms with van der Waals surface area (Å²) in [5.41, 5.74) is 0.963. The van der Waals surface area contributed by atoms with Crippen molar-refractivity contribution < 1.29 is 4.79 Å². The Morgan fingerprint density at radius 2 is 2.21 bits per heavy atom. The van der Waals surface area contributed by atoms with E-state index in [1.54, 1.807) is 0 Å². The van der Waals surface area contributed by atoms with Gasteiger partial charge in [-0.1, -0.05) is 25.4 Å². The van der Waals surface area contributed by atoms with Crippen LogP contribution in [0.1, 0.15) is 26.7 Å². The zero-order valence-electron chi connectivity index (χ0n) is 11.1. The summed E-state index contributed by atoms with van der Waals surface area (Å²) >= 11 is 8.20. The standard InChI is InChI=1S/C14H18ClIN2O/c1-9(2)17-12-4-3-7-18(14(12)19)13-6-5-10(15)8-11(13)16/h5-6,8-9,12,17H,3-4,7H2,1-2H3. The van der Waals surface area contributed by atoms with Crippen molar-refractivity contribution in [3.05, 3.63) is 26.8 Å². The topological polar surface area (TPSA) is 32.3 Å². The molecule has 0 saturated carbocycles. The Morgan fingerprint density at radius 1 is 1.47 bits per heavy atom. The van der Waals surface area contributed by atoms with Gasteiger partial charge < -0.3 is 10.2 Å². The Bertz CT molecular complexity index is 479. The van der Waals surface area contributed by atoms with E-state index in [4.69, 9.17) is 11.6 Å². The van der Waals surface area contributed by atoms with E-state index in [0.717, 1.165) is 28.6 Å². The highest BCUT2D eigenvalue weighted by atomic mass is 127. The maximum atomic E-state index is 12.5. The molecule has 5 heteroatoms. The molecule has 1 aliphatic heterocycles. The first kappa shape index (κ1) is 15.1. The van der Waals surface area contributed by atoms with Gasteiger partial charge in [-0.25, -0.2) is 0 Å². The molecule has 0 bridgehead atoms. The normalized spacial score (nSPS) is 20.2. The van der Waals surface area contributed by atoms with Crippen LogP contribution in [0.15, 0.2) is 18.2 Å². The summed E-state index contributed by atoms with van der Waals surface area (Å²) in [5, 5.41) is 4.05. The van der Waals surface area contributed by atoms with Crippen molar-refractivity contribution in [2.45, 2.75) is 38.8 Å². The fraction of sp³-hybridized carbons (Fsp3) is 0.500. The van der Waals surface area contributed by atoms with E-state index in [2.05, 4.69) is 41.8 Å². The minimum Gasteiger partial charge on any atom is -0.310 e. The molecule has 1 fully saturated rings. The third-order valence-corrected chi connectivity index (χ3v) is 4.27. The molecule has 1 saturated heterocycles. The van der Waals surface area contributed by atoms with E-state index in [9.17, 15) is 4.79 Å². The van der Waals surface area contributed by atoms with Crippen LogP contribution in [-0.4, -0.2) is 24.5 Å². The average Bonchev–Trinajstić information content (AvgIpc) is 2.32. The number of halogens is 2. The smallest absolute Gasteiger partial charge is 0.244 e. The lowest BCUT2D eigenvalue weighted by molar-refractivity contribution is -0.121. The lowest BCUT2D eigenvalue weighted by Crippen LogP contribution is -2.52. The molecule has 0 aliphatic carbocycles. The van der Waals surface area contributed by atoms with Crippen LogP contribution >= 0.6 is 34.2 Å². The van der Waals surface area contributed by atoms with Crippen LogP contribution in [-0.2, 0) is 4.79 Å². The van der Waals surface area contributed by atoms with Gasteiger partial charge in [0.2, 0.25) is 5.91 Å². The monoisotopic (exact) mass is 392 g/mol. The zero-order chi connectivity index (χ0) is 14.0. The lowest BCUT2D eigenvalue weighted by atomic mass is 10.0. The highest BCUT2D eigenvalue weighted by Gasteiger charge is 2.30. The Balaban J connectivity index is 2.21. The SMILES string of the molecule is CC(C)NC1CCCN(c2ccc(Cl)cc2I)C1=O. The second-order valence-corrected chi connectivity index (χ2v) is 6.70. The molecule has 104 valence electrons. The third-order valence-electron chi connectivity index (χ3n) is 3.17. The Morgan fingerprint density at radius 3 is 2.84 bits per heavy atom. The molecule has 1 N–H and O–H groups in total. The van der Waals surface area contributed by atoms with Crippen molar-refractivity contribution in [3.63, 3.8) is 0 Å². The first-order valence-electron chi connectivity index (χ1n) is 6.51. The number of carbonyl (C=O) groups is 1.